The van der Waals surface area contributed by atoms with Crippen LogP contribution >= 0.6 is 0 Å². The van der Waals surface area contributed by atoms with Crippen molar-refractivity contribution in [1.29, 1.82) is 0 Å². The molecule has 1 aliphatic rings. The molecule has 1 saturated carbocycles. The molecule has 0 unspecified atom stereocenters. The lowest BCUT2D eigenvalue weighted by Gasteiger charge is -2.36. The quantitative estimate of drug-likeness (QED) is 0.744. The number of aliphatic hydroxyl groups is 1. The average Bonchev–Trinajstić information content (AvgIpc) is 2.67. The molecule has 2 aromatic rings. The number of nitrogens with one attached hydrogen (secondary N) is 1. The highest BCUT2D eigenvalue weighted by atomic mass is 16.5. The molecule has 3 N–H and O–H groups in total. The summed E-state index contributed by atoms with van der Waals surface area (Å²) in [6, 6.07) is 16.1. The molecule has 0 saturated heterocycles. The van der Waals surface area contributed by atoms with E-state index < -0.39 is 5.60 Å². The second-order valence-electron chi connectivity index (χ2n) is 6.95. The van der Waals surface area contributed by atoms with Gasteiger partial charge in [-0.3, -0.25) is 4.79 Å². The van der Waals surface area contributed by atoms with Crippen molar-refractivity contribution in [1.82, 2.24) is 5.32 Å². The number of phenolic OH excluding ortho intramolecular Hbond substituents is 1. The summed E-state index contributed by atoms with van der Waals surface area (Å²) < 4.78 is 5.95. The number of hydrogen-bond acceptors (Lipinski definition) is 4. The number of phenols is 1. The summed E-state index contributed by atoms with van der Waals surface area (Å²) in [5, 5.41) is 22.8. The van der Waals surface area contributed by atoms with Crippen LogP contribution in [0.15, 0.2) is 54.6 Å². The molecule has 0 atom stereocenters. The number of carbonyl (C=O) groups excluding carboxylic acids is 1. The maximum Gasteiger partial charge on any atom is 0.251 e. The molecule has 0 aromatic heterocycles. The Hall–Kier alpha value is -2.37. The molecule has 2 aromatic carbocycles. The van der Waals surface area contributed by atoms with E-state index in [1.807, 2.05) is 30.3 Å². The van der Waals surface area contributed by atoms with E-state index in [2.05, 4.69) is 5.32 Å². The number of benzene rings is 2. The van der Waals surface area contributed by atoms with Gasteiger partial charge in [-0.2, -0.15) is 0 Å². The van der Waals surface area contributed by atoms with Gasteiger partial charge in [0.2, 0.25) is 0 Å². The predicted molar refractivity (Wildman–Crippen MR) is 98.9 cm³/mol. The SMILES string of the molecule is O=C(NC[C@]1(O)CC[C@@H](OCc2ccccc2)CC1)c1ccc(O)cc1. The number of carbonyl (C=O) groups is 1. The highest BCUT2D eigenvalue weighted by molar-refractivity contribution is 5.94. The molecule has 0 aliphatic heterocycles. The standard InChI is InChI=1S/C21H25NO4/c23-18-8-6-17(7-9-18)20(24)22-15-21(25)12-10-19(11-13-21)26-14-16-4-2-1-3-5-16/h1-9,19,23,25H,10-15H2,(H,22,24)/t19-,21+. The van der Waals surface area contributed by atoms with Gasteiger partial charge in [0.1, 0.15) is 5.75 Å². The lowest BCUT2D eigenvalue weighted by atomic mass is 9.83. The highest BCUT2D eigenvalue weighted by Gasteiger charge is 2.34. The van der Waals surface area contributed by atoms with Crippen LogP contribution < -0.4 is 5.32 Å². The van der Waals surface area contributed by atoms with E-state index in [9.17, 15) is 15.0 Å². The lowest BCUT2D eigenvalue weighted by molar-refractivity contribution is -0.0582. The first-order valence-electron chi connectivity index (χ1n) is 8.99. The first kappa shape index (κ1) is 18.4. The molecule has 0 radical (unpaired) electrons. The Morgan fingerprint density at radius 3 is 2.38 bits per heavy atom. The van der Waals surface area contributed by atoms with E-state index in [1.54, 1.807) is 12.1 Å². The van der Waals surface area contributed by atoms with Crippen LogP contribution in [0.4, 0.5) is 0 Å². The van der Waals surface area contributed by atoms with Gasteiger partial charge in [0.15, 0.2) is 0 Å². The van der Waals surface area contributed by atoms with Crippen LogP contribution in [0.1, 0.15) is 41.6 Å². The van der Waals surface area contributed by atoms with Crippen molar-refractivity contribution in [2.75, 3.05) is 6.54 Å². The van der Waals surface area contributed by atoms with Gasteiger partial charge in [0.05, 0.1) is 18.3 Å². The normalized spacial score (nSPS) is 22.7. The zero-order valence-corrected chi connectivity index (χ0v) is 14.7. The highest BCUT2D eigenvalue weighted by Crippen LogP contribution is 2.30. The number of rotatable bonds is 6. The van der Waals surface area contributed by atoms with E-state index in [-0.39, 0.29) is 24.3 Å². The molecule has 5 nitrogen and oxygen atoms in total. The van der Waals surface area contributed by atoms with Gasteiger partial charge in [-0.15, -0.1) is 0 Å². The third-order valence-corrected chi connectivity index (χ3v) is 4.90. The van der Waals surface area contributed by atoms with Crippen molar-refractivity contribution >= 4 is 5.91 Å². The maximum atomic E-state index is 12.1. The monoisotopic (exact) mass is 355 g/mol. The minimum atomic E-state index is -0.890. The summed E-state index contributed by atoms with van der Waals surface area (Å²) in [5.41, 5.74) is 0.722. The molecule has 1 amide bonds. The van der Waals surface area contributed by atoms with Crippen LogP contribution in [0, 0.1) is 0 Å². The summed E-state index contributed by atoms with van der Waals surface area (Å²) in [5.74, 6) is -0.130. The Kier molecular flexibility index (Phi) is 5.91. The zero-order chi connectivity index (χ0) is 18.4. The number of amides is 1. The Morgan fingerprint density at radius 1 is 1.08 bits per heavy atom. The van der Waals surface area contributed by atoms with Gasteiger partial charge in [0, 0.05) is 12.1 Å². The van der Waals surface area contributed by atoms with E-state index in [1.165, 1.54) is 12.1 Å². The zero-order valence-electron chi connectivity index (χ0n) is 14.7. The number of hydrogen-bond donors (Lipinski definition) is 3. The molecule has 5 heteroatoms. The van der Waals surface area contributed by atoms with Gasteiger partial charge >= 0.3 is 0 Å². The van der Waals surface area contributed by atoms with Gasteiger partial charge < -0.3 is 20.3 Å². The fourth-order valence-electron chi connectivity index (χ4n) is 3.22. The smallest absolute Gasteiger partial charge is 0.251 e. The van der Waals surface area contributed by atoms with Crippen LogP contribution in [-0.2, 0) is 11.3 Å². The third kappa shape index (κ3) is 5.07. The Bertz CT molecular complexity index is 707. The van der Waals surface area contributed by atoms with Crippen molar-refractivity contribution in [3.05, 3.63) is 65.7 Å². The molecule has 0 heterocycles. The van der Waals surface area contributed by atoms with Gasteiger partial charge in [-0.05, 0) is 55.5 Å². The first-order valence-corrected chi connectivity index (χ1v) is 8.99. The van der Waals surface area contributed by atoms with Crippen LogP contribution in [0.3, 0.4) is 0 Å². The molecule has 1 fully saturated rings. The van der Waals surface area contributed by atoms with Crippen molar-refractivity contribution in [2.24, 2.45) is 0 Å². The molecule has 0 spiro atoms. The van der Waals surface area contributed by atoms with Crippen molar-refractivity contribution < 1.29 is 19.7 Å². The summed E-state index contributed by atoms with van der Waals surface area (Å²) in [4.78, 5) is 12.1. The second-order valence-corrected chi connectivity index (χ2v) is 6.95. The second kappa shape index (κ2) is 8.34. The van der Waals surface area contributed by atoms with Crippen molar-refractivity contribution in [2.45, 2.75) is 44.0 Å². The minimum absolute atomic E-state index is 0.119. The molecule has 26 heavy (non-hydrogen) atoms. The number of aromatic hydroxyl groups is 1. The summed E-state index contributed by atoms with van der Waals surface area (Å²) >= 11 is 0. The Labute approximate surface area is 153 Å². The van der Waals surface area contributed by atoms with E-state index in [0.717, 1.165) is 18.4 Å². The Morgan fingerprint density at radius 2 is 1.73 bits per heavy atom. The molecule has 1 aliphatic carbocycles. The average molecular weight is 355 g/mol. The van der Waals surface area contributed by atoms with Gasteiger partial charge in [0.25, 0.3) is 5.91 Å². The van der Waals surface area contributed by atoms with Gasteiger partial charge in [-0.25, -0.2) is 0 Å². The largest absolute Gasteiger partial charge is 0.508 e. The fourth-order valence-corrected chi connectivity index (χ4v) is 3.22. The summed E-state index contributed by atoms with van der Waals surface area (Å²) in [7, 11) is 0. The molecule has 3 rings (SSSR count). The predicted octanol–water partition coefficient (Wildman–Crippen LogP) is 3.01. The molecule has 0 bridgehead atoms. The van der Waals surface area contributed by atoms with Crippen LogP contribution in [0.25, 0.3) is 0 Å². The number of ether oxygens (including phenoxy) is 1. The molecular formula is C21H25NO4. The summed E-state index contributed by atoms with van der Waals surface area (Å²) in [6.07, 6.45) is 2.89. The van der Waals surface area contributed by atoms with E-state index in [4.69, 9.17) is 4.74 Å². The lowest BCUT2D eigenvalue weighted by Crippen LogP contribution is -2.46. The topological polar surface area (TPSA) is 78.8 Å². The van der Waals surface area contributed by atoms with E-state index in [0.29, 0.717) is 25.0 Å². The van der Waals surface area contributed by atoms with Crippen LogP contribution in [-0.4, -0.2) is 34.4 Å². The van der Waals surface area contributed by atoms with E-state index >= 15 is 0 Å². The van der Waals surface area contributed by atoms with Crippen molar-refractivity contribution in [3.8, 4) is 5.75 Å². The molecular weight excluding hydrogens is 330 g/mol. The fraction of sp³-hybridized carbons (Fsp3) is 0.381. The third-order valence-electron chi connectivity index (χ3n) is 4.90. The van der Waals surface area contributed by atoms with Gasteiger partial charge in [-0.1, -0.05) is 30.3 Å². The first-order chi connectivity index (χ1) is 12.5. The Balaban J connectivity index is 1.42. The molecule has 138 valence electrons. The summed E-state index contributed by atoms with van der Waals surface area (Å²) in [6.45, 7) is 0.805. The van der Waals surface area contributed by atoms with Crippen molar-refractivity contribution in [3.63, 3.8) is 0 Å². The van der Waals surface area contributed by atoms with Crippen LogP contribution in [0.2, 0.25) is 0 Å². The minimum Gasteiger partial charge on any atom is -0.508 e. The maximum absolute atomic E-state index is 12.1. The van der Waals surface area contributed by atoms with Crippen LogP contribution in [0.5, 0.6) is 5.75 Å².